The Morgan fingerprint density at radius 2 is 2.06 bits per heavy atom. The average molecular weight is 223 g/mol. The van der Waals surface area contributed by atoms with E-state index in [-0.39, 0.29) is 5.95 Å². The van der Waals surface area contributed by atoms with Gasteiger partial charge < -0.3 is 5.32 Å². The van der Waals surface area contributed by atoms with Gasteiger partial charge in [-0.05, 0) is 0 Å². The van der Waals surface area contributed by atoms with Crippen LogP contribution in [-0.2, 0) is 27.2 Å². The van der Waals surface area contributed by atoms with Gasteiger partial charge in [-0.15, -0.1) is 0 Å². The monoisotopic (exact) mass is 223 g/mol. The summed E-state index contributed by atoms with van der Waals surface area (Å²) in [4.78, 5) is 0. The highest BCUT2D eigenvalue weighted by Crippen LogP contribution is 2.04. The molecular weight excluding hydrogens is 209 g/mol. The molecule has 2 aromatic rings. The number of aryl methyl sites for hydroxylation is 2. The van der Waals surface area contributed by atoms with Crippen LogP contribution < -0.4 is 5.32 Å². The molecule has 0 atom stereocenters. The first-order valence-electron chi connectivity index (χ1n) is 5.01. The van der Waals surface area contributed by atoms with Gasteiger partial charge in [-0.1, -0.05) is 0 Å². The molecule has 0 bridgehead atoms. The van der Waals surface area contributed by atoms with Crippen LogP contribution in [0.15, 0.2) is 18.6 Å². The molecule has 16 heavy (non-hydrogen) atoms. The van der Waals surface area contributed by atoms with Crippen molar-refractivity contribution in [2.75, 3.05) is 0 Å². The average Bonchev–Trinajstić information content (AvgIpc) is 2.79. The van der Waals surface area contributed by atoms with Crippen LogP contribution in [-0.4, -0.2) is 19.6 Å². The topological polar surface area (TPSA) is 47.7 Å². The summed E-state index contributed by atoms with van der Waals surface area (Å²) in [7, 11) is 3.45. The summed E-state index contributed by atoms with van der Waals surface area (Å²) < 4.78 is 16.3. The number of hydrogen-bond donors (Lipinski definition) is 1. The van der Waals surface area contributed by atoms with Gasteiger partial charge in [0.1, 0.15) is 0 Å². The highest BCUT2D eigenvalue weighted by Gasteiger charge is 2.06. The van der Waals surface area contributed by atoms with Crippen molar-refractivity contribution >= 4 is 0 Å². The van der Waals surface area contributed by atoms with E-state index < -0.39 is 0 Å². The highest BCUT2D eigenvalue weighted by atomic mass is 19.1. The lowest BCUT2D eigenvalue weighted by molar-refractivity contribution is 0.489. The van der Waals surface area contributed by atoms with Crippen LogP contribution >= 0.6 is 0 Å². The Morgan fingerprint density at radius 1 is 1.25 bits per heavy atom. The van der Waals surface area contributed by atoms with Crippen molar-refractivity contribution in [3.63, 3.8) is 0 Å². The zero-order valence-corrected chi connectivity index (χ0v) is 9.31. The SMILES string of the molecule is Cn1cc(CNCc2cnn(C)c2F)cn1. The maximum absolute atomic E-state index is 13.3. The van der Waals surface area contributed by atoms with E-state index in [9.17, 15) is 4.39 Å². The quantitative estimate of drug-likeness (QED) is 0.825. The molecule has 0 unspecified atom stereocenters. The van der Waals surface area contributed by atoms with E-state index in [1.54, 1.807) is 17.9 Å². The number of hydrogen-bond acceptors (Lipinski definition) is 3. The van der Waals surface area contributed by atoms with E-state index in [0.29, 0.717) is 18.7 Å². The van der Waals surface area contributed by atoms with E-state index in [1.807, 2.05) is 13.2 Å². The van der Waals surface area contributed by atoms with Gasteiger partial charge in [-0.25, -0.2) is 4.68 Å². The minimum atomic E-state index is -0.293. The molecule has 0 saturated carbocycles. The molecule has 2 heterocycles. The minimum absolute atomic E-state index is 0.293. The molecule has 86 valence electrons. The summed E-state index contributed by atoms with van der Waals surface area (Å²) in [6.07, 6.45) is 5.24. The summed E-state index contributed by atoms with van der Waals surface area (Å²) in [5, 5.41) is 11.0. The number of nitrogens with zero attached hydrogens (tertiary/aromatic N) is 4. The molecule has 0 fully saturated rings. The molecule has 0 aliphatic carbocycles. The molecule has 2 aromatic heterocycles. The van der Waals surface area contributed by atoms with Gasteiger partial charge in [-0.2, -0.15) is 14.6 Å². The van der Waals surface area contributed by atoms with Gasteiger partial charge in [0.2, 0.25) is 5.95 Å². The number of halogens is 1. The predicted octanol–water partition coefficient (Wildman–Crippen LogP) is 0.582. The molecule has 0 radical (unpaired) electrons. The number of aromatic nitrogens is 4. The van der Waals surface area contributed by atoms with Crippen LogP contribution in [0.3, 0.4) is 0 Å². The third-order valence-electron chi connectivity index (χ3n) is 2.34. The third kappa shape index (κ3) is 2.27. The Morgan fingerprint density at radius 3 is 2.62 bits per heavy atom. The maximum Gasteiger partial charge on any atom is 0.215 e. The fraction of sp³-hybridized carbons (Fsp3) is 0.400. The second kappa shape index (κ2) is 4.44. The molecular formula is C10H14FN5. The molecule has 0 aromatic carbocycles. The fourth-order valence-electron chi connectivity index (χ4n) is 1.49. The molecule has 0 saturated heterocycles. The summed E-state index contributed by atoms with van der Waals surface area (Å²) in [5.74, 6) is -0.293. The number of nitrogens with one attached hydrogen (secondary N) is 1. The highest BCUT2D eigenvalue weighted by molar-refractivity contribution is 5.07. The predicted molar refractivity (Wildman–Crippen MR) is 56.9 cm³/mol. The largest absolute Gasteiger partial charge is 0.308 e. The lowest BCUT2D eigenvalue weighted by Gasteiger charge is -2.00. The Hall–Kier alpha value is -1.69. The minimum Gasteiger partial charge on any atom is -0.308 e. The first kappa shape index (κ1) is 10.8. The third-order valence-corrected chi connectivity index (χ3v) is 2.34. The summed E-state index contributed by atoms with van der Waals surface area (Å²) >= 11 is 0. The summed E-state index contributed by atoms with van der Waals surface area (Å²) in [5.41, 5.74) is 1.65. The van der Waals surface area contributed by atoms with E-state index in [0.717, 1.165) is 5.56 Å². The van der Waals surface area contributed by atoms with Crippen LogP contribution in [0.25, 0.3) is 0 Å². The molecule has 0 amide bonds. The van der Waals surface area contributed by atoms with Crippen molar-refractivity contribution in [1.82, 2.24) is 24.9 Å². The van der Waals surface area contributed by atoms with E-state index in [1.165, 1.54) is 10.9 Å². The molecule has 5 nitrogen and oxygen atoms in total. The van der Waals surface area contributed by atoms with Crippen molar-refractivity contribution < 1.29 is 4.39 Å². The molecule has 2 rings (SSSR count). The van der Waals surface area contributed by atoms with E-state index in [4.69, 9.17) is 0 Å². The van der Waals surface area contributed by atoms with Crippen LogP contribution in [0.4, 0.5) is 4.39 Å². The Balaban J connectivity index is 1.86. The van der Waals surface area contributed by atoms with Crippen LogP contribution in [0.1, 0.15) is 11.1 Å². The van der Waals surface area contributed by atoms with Gasteiger partial charge in [0, 0.05) is 44.5 Å². The Kier molecular flexibility index (Phi) is 3.00. The fourth-order valence-corrected chi connectivity index (χ4v) is 1.49. The zero-order chi connectivity index (χ0) is 11.5. The van der Waals surface area contributed by atoms with Gasteiger partial charge in [0.25, 0.3) is 0 Å². The van der Waals surface area contributed by atoms with Crippen molar-refractivity contribution in [2.45, 2.75) is 13.1 Å². The Bertz CT molecular complexity index is 473. The van der Waals surface area contributed by atoms with Gasteiger partial charge in [0.05, 0.1) is 12.4 Å². The van der Waals surface area contributed by atoms with Crippen molar-refractivity contribution in [1.29, 1.82) is 0 Å². The number of rotatable bonds is 4. The van der Waals surface area contributed by atoms with Crippen molar-refractivity contribution in [2.24, 2.45) is 14.1 Å². The summed E-state index contributed by atoms with van der Waals surface area (Å²) in [6, 6.07) is 0. The standard InChI is InChI=1S/C10H14FN5/c1-15-7-8(4-13-15)3-12-5-9-6-14-16(2)10(9)11/h4,6-7,12H,3,5H2,1-2H3. The smallest absolute Gasteiger partial charge is 0.215 e. The van der Waals surface area contributed by atoms with E-state index >= 15 is 0 Å². The second-order valence-electron chi connectivity index (χ2n) is 3.71. The first-order valence-corrected chi connectivity index (χ1v) is 5.01. The summed E-state index contributed by atoms with van der Waals surface area (Å²) in [6.45, 7) is 1.14. The second-order valence-corrected chi connectivity index (χ2v) is 3.71. The molecule has 6 heteroatoms. The molecule has 0 aliphatic heterocycles. The maximum atomic E-state index is 13.3. The first-order chi connectivity index (χ1) is 7.66. The van der Waals surface area contributed by atoms with Crippen molar-refractivity contribution in [3.05, 3.63) is 35.7 Å². The van der Waals surface area contributed by atoms with Crippen LogP contribution in [0, 0.1) is 5.95 Å². The van der Waals surface area contributed by atoms with Gasteiger partial charge >= 0.3 is 0 Å². The van der Waals surface area contributed by atoms with Crippen molar-refractivity contribution in [3.8, 4) is 0 Å². The van der Waals surface area contributed by atoms with E-state index in [2.05, 4.69) is 15.5 Å². The lowest BCUT2D eigenvalue weighted by Crippen LogP contribution is -2.13. The van der Waals surface area contributed by atoms with Crippen LogP contribution in [0.2, 0.25) is 0 Å². The normalized spacial score (nSPS) is 10.9. The zero-order valence-electron chi connectivity index (χ0n) is 9.31. The van der Waals surface area contributed by atoms with Gasteiger partial charge in [-0.3, -0.25) is 4.68 Å². The Labute approximate surface area is 92.9 Å². The molecule has 0 aliphatic rings. The molecule has 0 spiro atoms. The van der Waals surface area contributed by atoms with Gasteiger partial charge in [0.15, 0.2) is 0 Å². The van der Waals surface area contributed by atoms with Crippen LogP contribution in [0.5, 0.6) is 0 Å². The molecule has 1 N–H and O–H groups in total. The lowest BCUT2D eigenvalue weighted by atomic mass is 10.3.